The van der Waals surface area contributed by atoms with Gasteiger partial charge in [0.1, 0.15) is 12.6 Å². The van der Waals surface area contributed by atoms with Crippen LogP contribution in [-0.2, 0) is 26.2 Å². The van der Waals surface area contributed by atoms with Crippen molar-refractivity contribution in [1.29, 1.82) is 0 Å². The molecule has 214 valence electrons. The number of halogens is 2. The van der Waals surface area contributed by atoms with Crippen LogP contribution < -0.4 is 9.62 Å². The van der Waals surface area contributed by atoms with Crippen LogP contribution in [0.4, 0.5) is 5.69 Å². The number of anilines is 1. The standard InChI is InChI=1S/C30H35Cl2N3O4S/c1-5-18-33-30(37)27(6-2)34(19-24-25(31)11-9-12-26(24)32)29(36)20-35(28-13-8-7-10-22(28)4)40(38,39)23-16-14-21(3)15-17-23/h7-17,27H,5-6,18-20H2,1-4H3,(H,33,37). The van der Waals surface area contributed by atoms with E-state index >= 15 is 0 Å². The van der Waals surface area contributed by atoms with E-state index in [4.69, 9.17) is 23.2 Å². The van der Waals surface area contributed by atoms with Crippen LogP contribution in [0.2, 0.25) is 10.0 Å². The van der Waals surface area contributed by atoms with Gasteiger partial charge in [-0.15, -0.1) is 0 Å². The van der Waals surface area contributed by atoms with Crippen molar-refractivity contribution >= 4 is 50.7 Å². The molecule has 3 aromatic rings. The van der Waals surface area contributed by atoms with E-state index in [9.17, 15) is 18.0 Å². The Bertz CT molecular complexity index is 1430. The minimum absolute atomic E-state index is 0.0579. The Morgan fingerprint density at radius 1 is 0.900 bits per heavy atom. The Hall–Kier alpha value is -3.07. The highest BCUT2D eigenvalue weighted by Gasteiger charge is 2.34. The Kier molecular flexibility index (Phi) is 11.0. The third-order valence-corrected chi connectivity index (χ3v) is 9.08. The number of aryl methyl sites for hydroxylation is 2. The number of sulfonamides is 1. The predicted molar refractivity (Wildman–Crippen MR) is 161 cm³/mol. The zero-order valence-electron chi connectivity index (χ0n) is 23.2. The molecular weight excluding hydrogens is 569 g/mol. The van der Waals surface area contributed by atoms with Gasteiger partial charge in [0, 0.05) is 28.7 Å². The molecule has 0 fully saturated rings. The van der Waals surface area contributed by atoms with Crippen molar-refractivity contribution in [3.8, 4) is 0 Å². The number of hydrogen-bond acceptors (Lipinski definition) is 4. The number of para-hydroxylation sites is 1. The van der Waals surface area contributed by atoms with Crippen molar-refractivity contribution in [2.24, 2.45) is 0 Å². The first-order valence-corrected chi connectivity index (χ1v) is 15.4. The summed E-state index contributed by atoms with van der Waals surface area (Å²) in [6.45, 7) is 7.23. The molecule has 0 radical (unpaired) electrons. The highest BCUT2D eigenvalue weighted by atomic mass is 35.5. The smallest absolute Gasteiger partial charge is 0.264 e. The Balaban J connectivity index is 2.10. The van der Waals surface area contributed by atoms with E-state index in [1.807, 2.05) is 13.8 Å². The molecule has 0 spiro atoms. The second-order valence-corrected chi connectivity index (χ2v) is 12.2. The van der Waals surface area contributed by atoms with E-state index < -0.39 is 28.5 Å². The molecule has 3 aromatic carbocycles. The minimum atomic E-state index is -4.14. The van der Waals surface area contributed by atoms with E-state index in [1.54, 1.807) is 68.4 Å². The van der Waals surface area contributed by atoms with Crippen molar-refractivity contribution in [2.45, 2.75) is 58.0 Å². The van der Waals surface area contributed by atoms with Crippen LogP contribution >= 0.6 is 23.2 Å². The van der Waals surface area contributed by atoms with Crippen molar-refractivity contribution in [3.63, 3.8) is 0 Å². The van der Waals surface area contributed by atoms with Crippen LogP contribution in [0.25, 0.3) is 0 Å². The van der Waals surface area contributed by atoms with E-state index in [1.165, 1.54) is 17.0 Å². The first-order chi connectivity index (χ1) is 19.0. The van der Waals surface area contributed by atoms with Gasteiger partial charge in [-0.1, -0.05) is 79.0 Å². The summed E-state index contributed by atoms with van der Waals surface area (Å²) < 4.78 is 29.0. The fourth-order valence-corrected chi connectivity index (χ4v) is 6.33. The zero-order valence-corrected chi connectivity index (χ0v) is 25.5. The van der Waals surface area contributed by atoms with Crippen LogP contribution in [-0.4, -0.2) is 44.3 Å². The van der Waals surface area contributed by atoms with E-state index in [0.29, 0.717) is 39.8 Å². The maximum Gasteiger partial charge on any atom is 0.264 e. The molecule has 0 saturated carbocycles. The molecule has 0 aromatic heterocycles. The number of amides is 2. The van der Waals surface area contributed by atoms with Gasteiger partial charge in [-0.2, -0.15) is 0 Å². The fraction of sp³-hybridized carbons (Fsp3) is 0.333. The molecule has 2 amide bonds. The third kappa shape index (κ3) is 7.36. The van der Waals surface area contributed by atoms with Crippen molar-refractivity contribution in [3.05, 3.63) is 93.5 Å². The van der Waals surface area contributed by atoms with E-state index in [2.05, 4.69) is 5.32 Å². The fourth-order valence-electron chi connectivity index (χ4n) is 4.33. The topological polar surface area (TPSA) is 86.8 Å². The first-order valence-electron chi connectivity index (χ1n) is 13.2. The maximum atomic E-state index is 14.1. The second kappa shape index (κ2) is 14.0. The highest BCUT2D eigenvalue weighted by molar-refractivity contribution is 7.92. The number of rotatable bonds is 12. The van der Waals surface area contributed by atoms with Gasteiger partial charge in [0.2, 0.25) is 11.8 Å². The van der Waals surface area contributed by atoms with Gasteiger partial charge in [0.05, 0.1) is 10.6 Å². The lowest BCUT2D eigenvalue weighted by molar-refractivity contribution is -0.140. The van der Waals surface area contributed by atoms with E-state index in [0.717, 1.165) is 16.3 Å². The Morgan fingerprint density at radius 2 is 1.52 bits per heavy atom. The molecule has 0 aliphatic carbocycles. The SMILES string of the molecule is CCCNC(=O)C(CC)N(Cc1c(Cl)cccc1Cl)C(=O)CN(c1ccccc1C)S(=O)(=O)c1ccc(C)cc1. The lowest BCUT2D eigenvalue weighted by Crippen LogP contribution is -2.52. The predicted octanol–water partition coefficient (Wildman–Crippen LogP) is 6.14. The number of nitrogens with zero attached hydrogens (tertiary/aromatic N) is 2. The van der Waals surface area contributed by atoms with Crippen LogP contribution in [0.3, 0.4) is 0 Å². The molecule has 1 atom stereocenters. The van der Waals surface area contributed by atoms with Crippen molar-refractivity contribution in [2.75, 3.05) is 17.4 Å². The summed E-state index contributed by atoms with van der Waals surface area (Å²) in [5.74, 6) is -0.891. The summed E-state index contributed by atoms with van der Waals surface area (Å²) in [6.07, 6.45) is 1.03. The molecule has 0 heterocycles. The highest BCUT2D eigenvalue weighted by Crippen LogP contribution is 2.30. The first kappa shape index (κ1) is 31.5. The van der Waals surface area contributed by atoms with Crippen LogP contribution in [0.1, 0.15) is 43.4 Å². The van der Waals surface area contributed by atoms with E-state index in [-0.39, 0.29) is 17.3 Å². The van der Waals surface area contributed by atoms with Gasteiger partial charge >= 0.3 is 0 Å². The molecule has 0 bridgehead atoms. The number of benzene rings is 3. The van der Waals surface area contributed by atoms with Crippen molar-refractivity contribution < 1.29 is 18.0 Å². The third-order valence-electron chi connectivity index (χ3n) is 6.60. The molecular formula is C30H35Cl2N3O4S. The molecule has 40 heavy (non-hydrogen) atoms. The molecule has 3 rings (SSSR count). The second-order valence-electron chi connectivity index (χ2n) is 9.55. The van der Waals surface area contributed by atoms with Crippen LogP contribution in [0, 0.1) is 13.8 Å². The molecule has 1 unspecified atom stereocenters. The Morgan fingerprint density at radius 3 is 2.10 bits per heavy atom. The summed E-state index contributed by atoms with van der Waals surface area (Å²) in [5, 5.41) is 3.55. The number of carbonyl (C=O) groups excluding carboxylic acids is 2. The van der Waals surface area contributed by atoms with Gasteiger partial charge in [0.15, 0.2) is 0 Å². The molecule has 0 saturated heterocycles. The Labute approximate surface area is 247 Å². The zero-order chi connectivity index (χ0) is 29.4. The number of nitrogens with one attached hydrogen (secondary N) is 1. The number of hydrogen-bond donors (Lipinski definition) is 1. The average molecular weight is 605 g/mol. The largest absolute Gasteiger partial charge is 0.354 e. The quantitative estimate of drug-likeness (QED) is 0.269. The lowest BCUT2D eigenvalue weighted by Gasteiger charge is -2.34. The van der Waals surface area contributed by atoms with Gasteiger partial charge in [-0.05, 0) is 62.6 Å². The van der Waals surface area contributed by atoms with Gasteiger partial charge in [-0.25, -0.2) is 8.42 Å². The summed E-state index contributed by atoms with van der Waals surface area (Å²) >= 11 is 12.9. The molecule has 7 nitrogen and oxygen atoms in total. The van der Waals surface area contributed by atoms with Crippen LogP contribution in [0.15, 0.2) is 71.6 Å². The van der Waals surface area contributed by atoms with Gasteiger partial charge < -0.3 is 10.2 Å². The minimum Gasteiger partial charge on any atom is -0.354 e. The number of carbonyl (C=O) groups is 2. The summed E-state index contributed by atoms with van der Waals surface area (Å²) in [5.41, 5.74) is 2.43. The maximum absolute atomic E-state index is 14.1. The molecule has 0 aliphatic heterocycles. The summed E-state index contributed by atoms with van der Waals surface area (Å²) in [6, 6.07) is 17.6. The summed E-state index contributed by atoms with van der Waals surface area (Å²) in [4.78, 5) is 28.8. The van der Waals surface area contributed by atoms with Gasteiger partial charge in [0.25, 0.3) is 10.0 Å². The van der Waals surface area contributed by atoms with Crippen molar-refractivity contribution in [1.82, 2.24) is 10.2 Å². The molecule has 1 N–H and O–H groups in total. The van der Waals surface area contributed by atoms with Crippen LogP contribution in [0.5, 0.6) is 0 Å². The lowest BCUT2D eigenvalue weighted by atomic mass is 10.1. The normalized spacial score (nSPS) is 12.1. The van der Waals surface area contributed by atoms with Gasteiger partial charge in [-0.3, -0.25) is 13.9 Å². The monoisotopic (exact) mass is 603 g/mol. The molecule has 10 heteroatoms. The molecule has 0 aliphatic rings. The average Bonchev–Trinajstić information content (AvgIpc) is 2.92. The summed E-state index contributed by atoms with van der Waals surface area (Å²) in [7, 11) is -4.14.